The highest BCUT2D eigenvalue weighted by molar-refractivity contribution is 6.30. The molecule has 0 aliphatic carbocycles. The molecule has 0 bridgehead atoms. The number of alkyl halides is 1. The van der Waals surface area contributed by atoms with Crippen molar-refractivity contribution in [1.82, 2.24) is 5.32 Å². The molecule has 0 aromatic heterocycles. The zero-order valence-corrected chi connectivity index (χ0v) is 11.7. The fourth-order valence-corrected chi connectivity index (χ4v) is 1.61. The summed E-state index contributed by atoms with van der Waals surface area (Å²) in [5.74, 6) is -2.62. The van der Waals surface area contributed by atoms with E-state index in [1.807, 2.05) is 0 Å². The average Bonchev–Trinajstić information content (AvgIpc) is 2.42. The van der Waals surface area contributed by atoms with Crippen molar-refractivity contribution in [2.75, 3.05) is 27.3 Å². The average molecular weight is 290 g/mol. The first-order valence-electron chi connectivity index (χ1n) is 5.82. The van der Waals surface area contributed by atoms with Gasteiger partial charge in [-0.2, -0.15) is 0 Å². The lowest BCUT2D eigenvalue weighted by molar-refractivity contribution is -0.155. The lowest BCUT2D eigenvalue weighted by Gasteiger charge is -2.23. The summed E-state index contributed by atoms with van der Waals surface area (Å²) in [5.41, 5.74) is 0.277. The van der Waals surface area contributed by atoms with E-state index in [2.05, 4.69) is 5.32 Å². The summed E-state index contributed by atoms with van der Waals surface area (Å²) in [6, 6.07) is 6.28. The van der Waals surface area contributed by atoms with Crippen molar-refractivity contribution in [2.24, 2.45) is 0 Å². The van der Waals surface area contributed by atoms with Crippen LogP contribution in [0.25, 0.3) is 0 Å². The number of rotatable bonds is 7. The van der Waals surface area contributed by atoms with E-state index < -0.39 is 18.4 Å². The van der Waals surface area contributed by atoms with Crippen LogP contribution >= 0.6 is 11.6 Å². The van der Waals surface area contributed by atoms with Crippen LogP contribution in [0.15, 0.2) is 24.3 Å². The van der Waals surface area contributed by atoms with Gasteiger partial charge >= 0.3 is 5.97 Å². The normalized spacial score (nSPS) is 13.9. The summed E-state index contributed by atoms with van der Waals surface area (Å²) < 4.78 is 23.7. The lowest BCUT2D eigenvalue weighted by Crippen LogP contribution is -2.35. The van der Waals surface area contributed by atoms with E-state index in [0.29, 0.717) is 11.6 Å². The summed E-state index contributed by atoms with van der Waals surface area (Å²) >= 11 is 5.76. The topological polar surface area (TPSA) is 47.6 Å². The molecule has 1 rings (SSSR count). The Hall–Kier alpha value is -1.17. The Morgan fingerprint density at radius 1 is 1.53 bits per heavy atom. The van der Waals surface area contributed by atoms with E-state index in [1.54, 1.807) is 25.2 Å². The van der Waals surface area contributed by atoms with Crippen LogP contribution in [-0.4, -0.2) is 39.1 Å². The van der Waals surface area contributed by atoms with Crippen molar-refractivity contribution in [3.05, 3.63) is 34.9 Å². The van der Waals surface area contributed by atoms with Gasteiger partial charge in [0.05, 0.1) is 5.56 Å². The second-order valence-corrected chi connectivity index (χ2v) is 4.46. The zero-order valence-electron chi connectivity index (χ0n) is 10.9. The van der Waals surface area contributed by atoms with Gasteiger partial charge in [0.1, 0.15) is 0 Å². The fraction of sp³-hybridized carbons (Fsp3) is 0.462. The van der Waals surface area contributed by atoms with Gasteiger partial charge in [-0.3, -0.25) is 0 Å². The molecule has 1 aromatic carbocycles. The molecule has 0 amide bonds. The Morgan fingerprint density at radius 2 is 2.26 bits per heavy atom. The third-order valence-electron chi connectivity index (χ3n) is 2.59. The second-order valence-electron chi connectivity index (χ2n) is 4.03. The number of hydrogen-bond donors (Lipinski definition) is 1. The van der Waals surface area contributed by atoms with Crippen LogP contribution in [0.3, 0.4) is 0 Å². The standard InChI is InChI=1S/C13H17ClFNO3/c1-16-7-6-13(15,18-2)9-19-12(17)10-4-3-5-11(14)8-10/h3-5,8,16H,6-7,9H2,1-2H3. The predicted molar refractivity (Wildman–Crippen MR) is 71.1 cm³/mol. The molecule has 1 atom stereocenters. The van der Waals surface area contributed by atoms with Crippen LogP contribution in [0.4, 0.5) is 4.39 Å². The Labute approximate surface area is 116 Å². The molecule has 0 aliphatic heterocycles. The number of benzene rings is 1. The number of hydrogen-bond acceptors (Lipinski definition) is 4. The maximum atomic E-state index is 14.1. The van der Waals surface area contributed by atoms with E-state index in [9.17, 15) is 9.18 Å². The molecule has 1 unspecified atom stereocenters. The summed E-state index contributed by atoms with van der Waals surface area (Å²) in [6.45, 7) is -0.0460. The molecule has 0 saturated carbocycles. The Bertz CT molecular complexity index is 430. The molecule has 0 heterocycles. The van der Waals surface area contributed by atoms with Crippen LogP contribution in [0.5, 0.6) is 0 Å². The van der Waals surface area contributed by atoms with Gasteiger partial charge in [0, 0.05) is 25.1 Å². The van der Waals surface area contributed by atoms with Gasteiger partial charge in [-0.25, -0.2) is 9.18 Å². The summed E-state index contributed by atoms with van der Waals surface area (Å²) in [4.78, 5) is 11.7. The Balaban J connectivity index is 2.57. The number of esters is 1. The van der Waals surface area contributed by atoms with Gasteiger partial charge < -0.3 is 14.8 Å². The van der Waals surface area contributed by atoms with Crippen molar-refractivity contribution in [3.63, 3.8) is 0 Å². The van der Waals surface area contributed by atoms with Gasteiger partial charge in [0.25, 0.3) is 0 Å². The first-order chi connectivity index (χ1) is 9.00. The van der Waals surface area contributed by atoms with Crippen molar-refractivity contribution in [1.29, 1.82) is 0 Å². The number of carbonyl (C=O) groups excluding carboxylic acids is 1. The smallest absolute Gasteiger partial charge is 0.338 e. The molecule has 19 heavy (non-hydrogen) atoms. The van der Waals surface area contributed by atoms with E-state index in [1.165, 1.54) is 13.2 Å². The molecule has 0 fully saturated rings. The first-order valence-corrected chi connectivity index (χ1v) is 6.20. The van der Waals surface area contributed by atoms with Gasteiger partial charge in [0.2, 0.25) is 5.85 Å². The minimum atomic E-state index is -1.99. The molecular weight excluding hydrogens is 273 g/mol. The van der Waals surface area contributed by atoms with Crippen LogP contribution in [0.2, 0.25) is 5.02 Å². The van der Waals surface area contributed by atoms with Gasteiger partial charge in [0.15, 0.2) is 6.61 Å². The predicted octanol–water partition coefficient (Wildman–Crippen LogP) is 2.42. The van der Waals surface area contributed by atoms with Gasteiger partial charge in [-0.05, 0) is 25.2 Å². The van der Waals surface area contributed by atoms with Gasteiger partial charge in [-0.1, -0.05) is 17.7 Å². The quantitative estimate of drug-likeness (QED) is 0.783. The minimum absolute atomic E-state index is 0.0861. The number of ether oxygens (including phenoxy) is 2. The number of halogens is 2. The van der Waals surface area contributed by atoms with Crippen LogP contribution < -0.4 is 5.32 Å². The molecule has 106 valence electrons. The van der Waals surface area contributed by atoms with Gasteiger partial charge in [-0.15, -0.1) is 0 Å². The van der Waals surface area contributed by atoms with Crippen LogP contribution in [0, 0.1) is 0 Å². The van der Waals surface area contributed by atoms with Crippen molar-refractivity contribution in [2.45, 2.75) is 12.3 Å². The molecule has 4 nitrogen and oxygen atoms in total. The monoisotopic (exact) mass is 289 g/mol. The summed E-state index contributed by atoms with van der Waals surface area (Å²) in [5, 5.41) is 3.23. The van der Waals surface area contributed by atoms with E-state index >= 15 is 0 Å². The Kier molecular flexibility index (Phi) is 6.21. The number of nitrogens with one attached hydrogen (secondary N) is 1. The van der Waals surface area contributed by atoms with Crippen molar-refractivity contribution < 1.29 is 18.7 Å². The first kappa shape index (κ1) is 15.9. The highest BCUT2D eigenvalue weighted by atomic mass is 35.5. The Morgan fingerprint density at radius 3 is 2.84 bits per heavy atom. The summed E-state index contributed by atoms with van der Waals surface area (Å²) in [7, 11) is 2.94. The molecule has 1 N–H and O–H groups in total. The highest BCUT2D eigenvalue weighted by Gasteiger charge is 2.30. The molecule has 0 aliphatic rings. The third-order valence-corrected chi connectivity index (χ3v) is 2.83. The largest absolute Gasteiger partial charge is 0.456 e. The minimum Gasteiger partial charge on any atom is -0.456 e. The maximum absolute atomic E-state index is 14.1. The number of carbonyl (C=O) groups is 1. The molecule has 0 radical (unpaired) electrons. The maximum Gasteiger partial charge on any atom is 0.338 e. The van der Waals surface area contributed by atoms with E-state index in [4.69, 9.17) is 21.1 Å². The molecule has 0 spiro atoms. The number of methoxy groups -OCH3 is 1. The highest BCUT2D eigenvalue weighted by Crippen LogP contribution is 2.18. The molecule has 1 aromatic rings. The van der Waals surface area contributed by atoms with E-state index in [0.717, 1.165) is 0 Å². The van der Waals surface area contributed by atoms with Crippen LogP contribution in [-0.2, 0) is 9.47 Å². The lowest BCUT2D eigenvalue weighted by atomic mass is 10.2. The third kappa shape index (κ3) is 5.14. The van der Waals surface area contributed by atoms with E-state index in [-0.39, 0.29) is 12.0 Å². The summed E-state index contributed by atoms with van der Waals surface area (Å²) in [6.07, 6.45) is 0.0861. The van der Waals surface area contributed by atoms with Crippen molar-refractivity contribution >= 4 is 17.6 Å². The fourth-order valence-electron chi connectivity index (χ4n) is 1.42. The SMILES string of the molecule is CNCCC(F)(COC(=O)c1cccc(Cl)c1)OC. The van der Waals surface area contributed by atoms with Crippen LogP contribution in [0.1, 0.15) is 16.8 Å². The molecule has 0 saturated heterocycles. The molecular formula is C13H17ClFNO3. The van der Waals surface area contributed by atoms with Crippen molar-refractivity contribution in [3.8, 4) is 0 Å². The molecule has 6 heteroatoms. The zero-order chi connectivity index (χ0) is 14.3. The second kappa shape index (κ2) is 7.43.